The minimum atomic E-state index is -2.51. The van der Waals surface area contributed by atoms with Crippen molar-refractivity contribution in [2.45, 2.75) is 72.0 Å². The number of halogens is 2. The smallest absolute Gasteiger partial charge is 0.260 e. The van der Waals surface area contributed by atoms with Crippen molar-refractivity contribution in [3.05, 3.63) is 59.7 Å². The number of imidazole rings is 1. The van der Waals surface area contributed by atoms with Crippen molar-refractivity contribution in [3.63, 3.8) is 0 Å². The number of aromatic nitrogens is 2. The highest BCUT2D eigenvalue weighted by atomic mass is 19.3. The average molecular weight is 526 g/mol. The number of carbonyl (C=O) groups excluding carboxylic acids is 2. The molecule has 9 heteroatoms. The van der Waals surface area contributed by atoms with E-state index in [0.29, 0.717) is 31.2 Å². The molecule has 1 aliphatic carbocycles. The lowest BCUT2D eigenvalue weighted by molar-refractivity contribution is -0.127. The fourth-order valence-corrected chi connectivity index (χ4v) is 5.00. The summed E-state index contributed by atoms with van der Waals surface area (Å²) in [5, 5.41) is 6.39. The van der Waals surface area contributed by atoms with Crippen LogP contribution in [0.1, 0.15) is 52.0 Å². The van der Waals surface area contributed by atoms with Crippen molar-refractivity contribution in [2.24, 2.45) is 5.41 Å². The molecule has 0 spiro atoms. The van der Waals surface area contributed by atoms with E-state index in [4.69, 9.17) is 4.98 Å². The number of alkyl halides is 2. The summed E-state index contributed by atoms with van der Waals surface area (Å²) in [6.45, 7) is 12.9. The maximum absolute atomic E-state index is 13.1. The summed E-state index contributed by atoms with van der Waals surface area (Å²) >= 11 is 0. The van der Waals surface area contributed by atoms with Gasteiger partial charge in [0.2, 0.25) is 11.9 Å². The van der Waals surface area contributed by atoms with Crippen molar-refractivity contribution in [1.82, 2.24) is 19.8 Å². The van der Waals surface area contributed by atoms with Gasteiger partial charge in [-0.25, -0.2) is 13.8 Å². The maximum Gasteiger partial charge on any atom is 0.260 e. The summed E-state index contributed by atoms with van der Waals surface area (Å²) in [6, 6.07) is 6.00. The highest BCUT2D eigenvalue weighted by Crippen LogP contribution is 2.28. The molecule has 0 radical (unpaired) electrons. The minimum Gasteiger partial charge on any atom is -0.334 e. The van der Waals surface area contributed by atoms with Crippen molar-refractivity contribution in [2.75, 3.05) is 18.4 Å². The highest BCUT2D eigenvalue weighted by Gasteiger charge is 2.29. The van der Waals surface area contributed by atoms with E-state index in [-0.39, 0.29) is 41.7 Å². The molecule has 1 saturated heterocycles. The van der Waals surface area contributed by atoms with Crippen LogP contribution in [0.4, 0.5) is 14.7 Å². The van der Waals surface area contributed by atoms with Gasteiger partial charge in [-0.3, -0.25) is 14.9 Å². The second-order valence-corrected chi connectivity index (χ2v) is 11.3. The summed E-state index contributed by atoms with van der Waals surface area (Å²) in [7, 11) is 0. The molecular weight excluding hydrogens is 488 g/mol. The lowest BCUT2D eigenvalue weighted by atomic mass is 9.97. The Bertz CT molecular complexity index is 1270. The zero-order chi connectivity index (χ0) is 27.4. The van der Waals surface area contributed by atoms with Gasteiger partial charge in [0.1, 0.15) is 0 Å². The standard InChI is InChI=1S/C29H37F2N5O2/c1-5-25(37)35-14-6-7-22(35)17-36-24-13-8-19(16-32-18-29(2,3)4)15-23(24)33-28(36)34-27(38)21-11-9-20(10-12-21)26(30)31/h5,8-9,11,13,15,22,26,32H,1,6-7,10,12,14,16-18H2,2-4H3,(H,33,34,38). The van der Waals surface area contributed by atoms with E-state index in [1.807, 2.05) is 27.7 Å². The summed E-state index contributed by atoms with van der Waals surface area (Å²) in [6.07, 6.45) is 3.76. The van der Waals surface area contributed by atoms with Crippen molar-refractivity contribution < 1.29 is 18.4 Å². The minimum absolute atomic E-state index is 0.0367. The second kappa shape index (κ2) is 11.6. The maximum atomic E-state index is 13.1. The molecule has 4 rings (SSSR count). The number of fused-ring (bicyclic) bond motifs is 1. The molecule has 0 bridgehead atoms. The summed E-state index contributed by atoms with van der Waals surface area (Å²) < 4.78 is 27.9. The number of hydrogen-bond acceptors (Lipinski definition) is 4. The Labute approximate surface area is 222 Å². The van der Waals surface area contributed by atoms with Gasteiger partial charge in [-0.2, -0.15) is 0 Å². The molecule has 0 saturated carbocycles. The Morgan fingerprint density at radius 1 is 1.24 bits per heavy atom. The molecule has 1 aromatic carbocycles. The van der Waals surface area contributed by atoms with Crippen LogP contribution < -0.4 is 10.6 Å². The van der Waals surface area contributed by atoms with Crippen LogP contribution in [0, 0.1) is 5.41 Å². The number of allylic oxidation sites excluding steroid dienone is 3. The molecule has 1 atom stereocenters. The number of hydrogen-bond donors (Lipinski definition) is 2. The number of likely N-dealkylation sites (tertiary alicyclic amines) is 1. The number of carbonyl (C=O) groups is 2. The van der Waals surface area contributed by atoms with Crippen LogP contribution in [-0.4, -0.2) is 51.8 Å². The Kier molecular flexibility index (Phi) is 8.45. The van der Waals surface area contributed by atoms with Gasteiger partial charge < -0.3 is 14.8 Å². The van der Waals surface area contributed by atoms with Gasteiger partial charge in [0.15, 0.2) is 0 Å². The third-order valence-corrected chi connectivity index (χ3v) is 7.00. The van der Waals surface area contributed by atoms with Crippen LogP contribution in [0.25, 0.3) is 11.0 Å². The van der Waals surface area contributed by atoms with E-state index in [1.165, 1.54) is 18.2 Å². The first-order valence-corrected chi connectivity index (χ1v) is 13.2. The van der Waals surface area contributed by atoms with Crippen LogP contribution in [0.15, 0.2) is 54.2 Å². The summed E-state index contributed by atoms with van der Waals surface area (Å²) in [5.41, 5.74) is 3.31. The van der Waals surface area contributed by atoms with Gasteiger partial charge in [-0.15, -0.1) is 0 Å². The number of nitrogens with zero attached hydrogens (tertiary/aromatic N) is 3. The predicted molar refractivity (Wildman–Crippen MR) is 146 cm³/mol. The van der Waals surface area contributed by atoms with Crippen LogP contribution in [0.2, 0.25) is 0 Å². The topological polar surface area (TPSA) is 79.3 Å². The Morgan fingerprint density at radius 2 is 2.03 bits per heavy atom. The largest absolute Gasteiger partial charge is 0.334 e. The molecule has 38 heavy (non-hydrogen) atoms. The number of benzene rings is 1. The Hall–Kier alpha value is -3.33. The lowest BCUT2D eigenvalue weighted by Crippen LogP contribution is -2.37. The summed E-state index contributed by atoms with van der Waals surface area (Å²) in [4.78, 5) is 32.1. The first kappa shape index (κ1) is 27.7. The fraction of sp³-hybridized carbons (Fsp3) is 0.483. The molecule has 1 fully saturated rings. The van der Waals surface area contributed by atoms with E-state index in [0.717, 1.165) is 36.0 Å². The molecule has 1 aliphatic heterocycles. The average Bonchev–Trinajstić information content (AvgIpc) is 3.47. The molecule has 1 aromatic heterocycles. The van der Waals surface area contributed by atoms with Crippen LogP contribution in [-0.2, 0) is 22.7 Å². The number of anilines is 1. The molecule has 2 N–H and O–H groups in total. The monoisotopic (exact) mass is 525 g/mol. The zero-order valence-electron chi connectivity index (χ0n) is 22.4. The van der Waals surface area contributed by atoms with E-state index in [1.54, 1.807) is 0 Å². The molecule has 204 valence electrons. The Balaban J connectivity index is 1.62. The molecule has 2 aliphatic rings. The van der Waals surface area contributed by atoms with Gasteiger partial charge in [0.25, 0.3) is 12.3 Å². The Morgan fingerprint density at radius 3 is 2.68 bits per heavy atom. The number of amides is 2. The number of nitrogens with one attached hydrogen (secondary N) is 2. The van der Waals surface area contributed by atoms with E-state index >= 15 is 0 Å². The highest BCUT2D eigenvalue weighted by molar-refractivity contribution is 6.04. The quantitative estimate of drug-likeness (QED) is 0.441. The van der Waals surface area contributed by atoms with Gasteiger partial charge in [-0.1, -0.05) is 45.6 Å². The molecule has 2 aromatic rings. The fourth-order valence-electron chi connectivity index (χ4n) is 5.00. The van der Waals surface area contributed by atoms with Gasteiger partial charge >= 0.3 is 0 Å². The molecule has 2 heterocycles. The van der Waals surface area contributed by atoms with Crippen LogP contribution in [0.5, 0.6) is 0 Å². The van der Waals surface area contributed by atoms with Crippen LogP contribution in [0.3, 0.4) is 0 Å². The summed E-state index contributed by atoms with van der Waals surface area (Å²) in [5.74, 6) is -0.0837. The third-order valence-electron chi connectivity index (χ3n) is 7.00. The number of rotatable bonds is 9. The SMILES string of the molecule is C=CC(=O)N1CCCC1Cn1c(NC(=O)C2=CC=C(C(F)F)CC2)nc2cc(CNCC(C)(C)C)ccc21. The van der Waals surface area contributed by atoms with E-state index in [2.05, 4.69) is 38.0 Å². The first-order chi connectivity index (χ1) is 18.1. The van der Waals surface area contributed by atoms with Crippen molar-refractivity contribution >= 4 is 28.8 Å². The van der Waals surface area contributed by atoms with Crippen molar-refractivity contribution in [3.8, 4) is 0 Å². The van der Waals surface area contributed by atoms with Gasteiger partial charge in [0.05, 0.1) is 17.1 Å². The normalized spacial score (nSPS) is 18.1. The van der Waals surface area contributed by atoms with Gasteiger partial charge in [-0.05, 0) is 60.4 Å². The third kappa shape index (κ3) is 6.56. The lowest BCUT2D eigenvalue weighted by Gasteiger charge is -2.25. The van der Waals surface area contributed by atoms with E-state index < -0.39 is 6.43 Å². The molecule has 2 amide bonds. The van der Waals surface area contributed by atoms with Gasteiger partial charge in [0, 0.05) is 31.8 Å². The molecule has 7 nitrogen and oxygen atoms in total. The molecule has 1 unspecified atom stereocenters. The van der Waals surface area contributed by atoms with E-state index in [9.17, 15) is 18.4 Å². The molecular formula is C29H37F2N5O2. The predicted octanol–water partition coefficient (Wildman–Crippen LogP) is 5.20. The first-order valence-electron chi connectivity index (χ1n) is 13.2. The second-order valence-electron chi connectivity index (χ2n) is 11.3. The van der Waals surface area contributed by atoms with Crippen molar-refractivity contribution in [1.29, 1.82) is 0 Å². The zero-order valence-corrected chi connectivity index (χ0v) is 22.4. The van der Waals surface area contributed by atoms with Crippen LogP contribution >= 0.6 is 0 Å².